The van der Waals surface area contributed by atoms with Gasteiger partial charge in [-0.05, 0) is 20.8 Å². The summed E-state index contributed by atoms with van der Waals surface area (Å²) in [5, 5.41) is 3.37. The predicted molar refractivity (Wildman–Crippen MR) is 70.2 cm³/mol. The Bertz CT molecular complexity index is 314. The molecule has 0 bridgehead atoms. The Morgan fingerprint density at radius 1 is 1.26 bits per heavy atom. The van der Waals surface area contributed by atoms with E-state index in [4.69, 9.17) is 14.2 Å². The average Bonchev–Trinajstić information content (AvgIpc) is 2.60. The summed E-state index contributed by atoms with van der Waals surface area (Å²) in [6.45, 7) is 9.28. The number of hydrogen-bond acceptors (Lipinski definition) is 5. The van der Waals surface area contributed by atoms with Crippen molar-refractivity contribution in [3.05, 3.63) is 0 Å². The zero-order valence-electron chi connectivity index (χ0n) is 12.0. The largest absolute Gasteiger partial charge is 0.444 e. The third-order valence-electron chi connectivity index (χ3n) is 3.21. The van der Waals surface area contributed by atoms with E-state index in [1.54, 1.807) is 4.90 Å². The normalized spacial score (nSPS) is 29.1. The Morgan fingerprint density at radius 2 is 2.00 bits per heavy atom. The lowest BCUT2D eigenvalue weighted by Crippen LogP contribution is -2.54. The summed E-state index contributed by atoms with van der Waals surface area (Å²) in [5.74, 6) is 0. The molecule has 6 heteroatoms. The van der Waals surface area contributed by atoms with Crippen LogP contribution >= 0.6 is 0 Å². The van der Waals surface area contributed by atoms with Gasteiger partial charge in [0.05, 0.1) is 38.5 Å². The minimum Gasteiger partial charge on any atom is -0.444 e. The fourth-order valence-electron chi connectivity index (χ4n) is 2.34. The molecule has 0 spiro atoms. The van der Waals surface area contributed by atoms with Gasteiger partial charge in [-0.1, -0.05) is 0 Å². The van der Waals surface area contributed by atoms with Crippen LogP contribution in [0, 0.1) is 0 Å². The fraction of sp³-hybridized carbons (Fsp3) is 0.923. The quantitative estimate of drug-likeness (QED) is 0.700. The predicted octanol–water partition coefficient (Wildman–Crippen LogP) is 0.611. The van der Waals surface area contributed by atoms with Gasteiger partial charge >= 0.3 is 6.09 Å². The number of nitrogens with one attached hydrogen (secondary N) is 1. The summed E-state index contributed by atoms with van der Waals surface area (Å²) < 4.78 is 16.6. The van der Waals surface area contributed by atoms with Crippen LogP contribution < -0.4 is 5.32 Å². The van der Waals surface area contributed by atoms with E-state index >= 15 is 0 Å². The Balaban J connectivity index is 2.09. The Hall–Kier alpha value is -0.850. The number of carbonyl (C=O) groups is 1. The SMILES string of the molecule is CC(C)(C)OC(=O)N1CCOCC2NCCOCC21. The van der Waals surface area contributed by atoms with Crippen molar-refractivity contribution in [1.29, 1.82) is 0 Å². The van der Waals surface area contributed by atoms with Gasteiger partial charge in [-0.15, -0.1) is 0 Å². The van der Waals surface area contributed by atoms with E-state index in [-0.39, 0.29) is 18.2 Å². The highest BCUT2D eigenvalue weighted by atomic mass is 16.6. The van der Waals surface area contributed by atoms with Gasteiger partial charge in [0.15, 0.2) is 0 Å². The highest BCUT2D eigenvalue weighted by molar-refractivity contribution is 5.68. The molecule has 110 valence electrons. The second-order valence-electron chi connectivity index (χ2n) is 5.95. The molecule has 2 atom stereocenters. The van der Waals surface area contributed by atoms with Crippen molar-refractivity contribution in [3.8, 4) is 0 Å². The lowest BCUT2D eigenvalue weighted by Gasteiger charge is -2.34. The molecule has 0 saturated carbocycles. The number of fused-ring (bicyclic) bond motifs is 1. The molecule has 19 heavy (non-hydrogen) atoms. The van der Waals surface area contributed by atoms with E-state index in [1.165, 1.54) is 0 Å². The van der Waals surface area contributed by atoms with Gasteiger partial charge in [-0.2, -0.15) is 0 Å². The molecular weight excluding hydrogens is 248 g/mol. The fourth-order valence-corrected chi connectivity index (χ4v) is 2.34. The van der Waals surface area contributed by atoms with Crippen LogP contribution in [0.2, 0.25) is 0 Å². The topological polar surface area (TPSA) is 60.0 Å². The molecule has 2 aliphatic heterocycles. The van der Waals surface area contributed by atoms with E-state index < -0.39 is 5.60 Å². The first-order chi connectivity index (χ1) is 8.97. The molecular formula is C13H24N2O4. The molecule has 2 unspecified atom stereocenters. The zero-order chi connectivity index (χ0) is 13.9. The third-order valence-corrected chi connectivity index (χ3v) is 3.21. The number of ether oxygens (including phenoxy) is 3. The van der Waals surface area contributed by atoms with Crippen molar-refractivity contribution in [2.75, 3.05) is 39.5 Å². The van der Waals surface area contributed by atoms with E-state index in [0.717, 1.165) is 6.54 Å². The minimum absolute atomic E-state index is 0.0279. The van der Waals surface area contributed by atoms with Crippen LogP contribution in [-0.4, -0.2) is 68.2 Å². The average molecular weight is 272 g/mol. The van der Waals surface area contributed by atoms with Crippen LogP contribution in [0.15, 0.2) is 0 Å². The molecule has 1 amide bonds. The van der Waals surface area contributed by atoms with Gasteiger partial charge in [-0.25, -0.2) is 4.79 Å². The van der Waals surface area contributed by atoms with Gasteiger partial charge in [0.25, 0.3) is 0 Å². The molecule has 2 saturated heterocycles. The Morgan fingerprint density at radius 3 is 2.74 bits per heavy atom. The van der Waals surface area contributed by atoms with Crippen LogP contribution in [0.1, 0.15) is 20.8 Å². The maximum absolute atomic E-state index is 12.3. The Kier molecular flexibility index (Phi) is 4.65. The van der Waals surface area contributed by atoms with Crippen molar-refractivity contribution in [1.82, 2.24) is 10.2 Å². The summed E-state index contributed by atoms with van der Waals surface area (Å²) in [6.07, 6.45) is -0.291. The summed E-state index contributed by atoms with van der Waals surface area (Å²) >= 11 is 0. The van der Waals surface area contributed by atoms with Crippen LogP contribution in [0.4, 0.5) is 4.79 Å². The Labute approximate surface area is 114 Å². The molecule has 1 N–H and O–H groups in total. The minimum atomic E-state index is -0.487. The molecule has 0 aromatic heterocycles. The molecule has 2 rings (SSSR count). The van der Waals surface area contributed by atoms with Crippen molar-refractivity contribution in [3.63, 3.8) is 0 Å². The number of carbonyl (C=O) groups excluding carboxylic acids is 1. The molecule has 2 fully saturated rings. The number of hydrogen-bond donors (Lipinski definition) is 1. The van der Waals surface area contributed by atoms with Gasteiger partial charge in [-0.3, -0.25) is 4.90 Å². The van der Waals surface area contributed by atoms with Gasteiger partial charge in [0.2, 0.25) is 0 Å². The summed E-state index contributed by atoms with van der Waals surface area (Å²) in [6, 6.07) is 0.0809. The number of nitrogens with zero attached hydrogens (tertiary/aromatic N) is 1. The first kappa shape index (κ1) is 14.6. The summed E-state index contributed by atoms with van der Waals surface area (Å²) in [7, 11) is 0. The standard InChI is InChI=1S/C13H24N2O4/c1-13(2,3)19-12(16)15-5-7-18-8-10-11(15)9-17-6-4-14-10/h10-11,14H,4-9H2,1-3H3. The maximum atomic E-state index is 12.3. The monoisotopic (exact) mass is 272 g/mol. The van der Waals surface area contributed by atoms with Crippen LogP contribution in [0.5, 0.6) is 0 Å². The second-order valence-corrected chi connectivity index (χ2v) is 5.95. The summed E-state index contributed by atoms with van der Waals surface area (Å²) in [5.41, 5.74) is -0.487. The van der Waals surface area contributed by atoms with Crippen molar-refractivity contribution >= 4 is 6.09 Å². The first-order valence-corrected chi connectivity index (χ1v) is 6.86. The van der Waals surface area contributed by atoms with Gasteiger partial charge in [0, 0.05) is 13.1 Å². The number of amides is 1. The highest BCUT2D eigenvalue weighted by Gasteiger charge is 2.36. The molecule has 2 aliphatic rings. The van der Waals surface area contributed by atoms with Gasteiger partial charge < -0.3 is 19.5 Å². The van der Waals surface area contributed by atoms with Crippen molar-refractivity contribution in [2.45, 2.75) is 38.5 Å². The molecule has 0 aromatic rings. The number of rotatable bonds is 0. The molecule has 0 radical (unpaired) electrons. The van der Waals surface area contributed by atoms with E-state index in [0.29, 0.717) is 33.0 Å². The molecule has 6 nitrogen and oxygen atoms in total. The van der Waals surface area contributed by atoms with Crippen molar-refractivity contribution < 1.29 is 19.0 Å². The van der Waals surface area contributed by atoms with Crippen molar-refractivity contribution in [2.24, 2.45) is 0 Å². The lowest BCUT2D eigenvalue weighted by molar-refractivity contribution is 0.00407. The van der Waals surface area contributed by atoms with Crippen LogP contribution in [0.25, 0.3) is 0 Å². The molecule has 0 aliphatic carbocycles. The second kappa shape index (κ2) is 6.07. The zero-order valence-corrected chi connectivity index (χ0v) is 12.0. The third kappa shape index (κ3) is 4.06. The lowest BCUT2D eigenvalue weighted by atomic mass is 10.1. The van der Waals surface area contributed by atoms with Gasteiger partial charge in [0.1, 0.15) is 5.60 Å². The smallest absolute Gasteiger partial charge is 0.410 e. The van der Waals surface area contributed by atoms with Crippen LogP contribution in [0.3, 0.4) is 0 Å². The van der Waals surface area contributed by atoms with Crippen LogP contribution in [-0.2, 0) is 14.2 Å². The maximum Gasteiger partial charge on any atom is 0.410 e. The summed E-state index contributed by atoms with van der Waals surface area (Å²) in [4.78, 5) is 14.0. The van der Waals surface area contributed by atoms with E-state index in [2.05, 4.69) is 5.32 Å². The highest BCUT2D eigenvalue weighted by Crippen LogP contribution is 2.17. The first-order valence-electron chi connectivity index (χ1n) is 6.86. The molecule has 0 aromatic carbocycles. The molecule has 2 heterocycles. The van der Waals surface area contributed by atoms with E-state index in [1.807, 2.05) is 20.8 Å². The van der Waals surface area contributed by atoms with E-state index in [9.17, 15) is 4.79 Å².